The smallest absolute Gasteiger partial charge is 0.405 e. The fourth-order valence-corrected chi connectivity index (χ4v) is 0.888. The van der Waals surface area contributed by atoms with Gasteiger partial charge in [-0.3, -0.25) is 0 Å². The molecule has 0 aromatic heterocycles. The van der Waals surface area contributed by atoms with Crippen LogP contribution in [0.4, 0.5) is 4.79 Å². The van der Waals surface area contributed by atoms with E-state index in [1.54, 1.807) is 6.92 Å². The normalized spacial score (nSPS) is 14.1. The zero-order valence-electron chi connectivity index (χ0n) is 8.62. The molecule has 2 unspecified atom stereocenters. The van der Waals surface area contributed by atoms with E-state index < -0.39 is 12.1 Å². The Kier molecular flexibility index (Phi) is 5.64. The fourth-order valence-electron chi connectivity index (χ4n) is 0.888. The zero-order valence-corrected chi connectivity index (χ0v) is 8.62. The van der Waals surface area contributed by atoms with E-state index >= 15 is 0 Å². The van der Waals surface area contributed by atoms with Crippen LogP contribution in [-0.2, 0) is 4.74 Å². The zero-order chi connectivity index (χ0) is 11.1. The lowest BCUT2D eigenvalue weighted by Crippen LogP contribution is -2.41. The van der Waals surface area contributed by atoms with Crippen molar-refractivity contribution in [2.75, 3.05) is 6.61 Å². The van der Waals surface area contributed by atoms with Crippen LogP contribution in [0.1, 0.15) is 13.8 Å². The molecular formula is C10H17NO3. The van der Waals surface area contributed by atoms with Crippen LogP contribution in [0.3, 0.4) is 0 Å². The number of nitrogens with one attached hydrogen (secondary N) is 1. The summed E-state index contributed by atoms with van der Waals surface area (Å²) in [7, 11) is 0. The van der Waals surface area contributed by atoms with E-state index in [1.807, 2.05) is 6.92 Å². The molecule has 0 aliphatic heterocycles. The number of carboxylic acid groups (broad SMARTS) is 1. The molecule has 0 aromatic carbocycles. The largest absolute Gasteiger partial charge is 0.465 e. The molecule has 0 aliphatic rings. The van der Waals surface area contributed by atoms with Crippen molar-refractivity contribution in [2.24, 2.45) is 0 Å². The molecule has 0 fully saturated rings. The summed E-state index contributed by atoms with van der Waals surface area (Å²) in [5.41, 5.74) is 0.898. The molecule has 0 aliphatic carbocycles. The van der Waals surface area contributed by atoms with Crippen LogP contribution in [-0.4, -0.2) is 30.0 Å². The molecule has 0 heterocycles. The summed E-state index contributed by atoms with van der Waals surface area (Å²) in [6.45, 7) is 11.3. The number of hydrogen-bond donors (Lipinski definition) is 2. The molecule has 0 bridgehead atoms. The number of hydrogen-bond acceptors (Lipinski definition) is 2. The van der Waals surface area contributed by atoms with Gasteiger partial charge in [-0.1, -0.05) is 18.2 Å². The van der Waals surface area contributed by atoms with Crippen molar-refractivity contribution in [3.63, 3.8) is 0 Å². The van der Waals surface area contributed by atoms with Crippen LogP contribution < -0.4 is 5.32 Å². The second-order valence-corrected chi connectivity index (χ2v) is 3.18. The van der Waals surface area contributed by atoms with Crippen LogP contribution in [0.25, 0.3) is 0 Å². The summed E-state index contributed by atoms with van der Waals surface area (Å²) in [5, 5.41) is 10.8. The maximum Gasteiger partial charge on any atom is 0.405 e. The Morgan fingerprint density at radius 3 is 2.64 bits per heavy atom. The highest BCUT2D eigenvalue weighted by Gasteiger charge is 2.15. The summed E-state index contributed by atoms with van der Waals surface area (Å²) in [6, 6.07) is -0.396. The molecule has 2 N–H and O–H groups in total. The first-order chi connectivity index (χ1) is 6.47. The predicted molar refractivity (Wildman–Crippen MR) is 55.4 cm³/mol. The number of carbonyl (C=O) groups is 1. The van der Waals surface area contributed by atoms with Crippen LogP contribution in [0.15, 0.2) is 24.8 Å². The van der Waals surface area contributed by atoms with Gasteiger partial charge >= 0.3 is 6.09 Å². The highest BCUT2D eigenvalue weighted by atomic mass is 16.5. The lowest BCUT2D eigenvalue weighted by atomic mass is 10.2. The van der Waals surface area contributed by atoms with E-state index in [-0.39, 0.29) is 6.10 Å². The van der Waals surface area contributed by atoms with Gasteiger partial charge in [0.05, 0.1) is 18.8 Å². The Morgan fingerprint density at radius 1 is 1.71 bits per heavy atom. The first-order valence-corrected chi connectivity index (χ1v) is 4.35. The van der Waals surface area contributed by atoms with Crippen molar-refractivity contribution >= 4 is 6.09 Å². The molecule has 0 rings (SSSR count). The van der Waals surface area contributed by atoms with E-state index in [0.29, 0.717) is 6.61 Å². The van der Waals surface area contributed by atoms with Gasteiger partial charge in [0, 0.05) is 0 Å². The van der Waals surface area contributed by atoms with Gasteiger partial charge in [-0.15, -0.1) is 6.58 Å². The first-order valence-electron chi connectivity index (χ1n) is 4.35. The van der Waals surface area contributed by atoms with E-state index in [0.717, 1.165) is 5.57 Å². The fraction of sp³-hybridized carbons (Fsp3) is 0.500. The third-order valence-electron chi connectivity index (χ3n) is 1.64. The van der Waals surface area contributed by atoms with Gasteiger partial charge in [0.15, 0.2) is 0 Å². The van der Waals surface area contributed by atoms with E-state index in [1.165, 1.54) is 6.08 Å². The van der Waals surface area contributed by atoms with Gasteiger partial charge in [-0.05, 0) is 13.8 Å². The number of rotatable bonds is 6. The van der Waals surface area contributed by atoms with Crippen molar-refractivity contribution in [2.45, 2.75) is 26.0 Å². The van der Waals surface area contributed by atoms with Gasteiger partial charge in [0.1, 0.15) is 0 Å². The summed E-state index contributed by atoms with van der Waals surface area (Å²) < 4.78 is 5.36. The summed E-state index contributed by atoms with van der Waals surface area (Å²) in [5.74, 6) is 0. The molecule has 0 spiro atoms. The van der Waals surface area contributed by atoms with E-state index in [9.17, 15) is 4.79 Å². The van der Waals surface area contributed by atoms with E-state index in [4.69, 9.17) is 9.84 Å². The molecule has 80 valence electrons. The van der Waals surface area contributed by atoms with Crippen molar-refractivity contribution in [3.05, 3.63) is 24.8 Å². The molecule has 2 atom stereocenters. The minimum atomic E-state index is -1.08. The minimum absolute atomic E-state index is 0.250. The lowest BCUT2D eigenvalue weighted by molar-refractivity contribution is 0.0653. The molecular weight excluding hydrogens is 182 g/mol. The predicted octanol–water partition coefficient (Wildman–Crippen LogP) is 1.79. The third kappa shape index (κ3) is 5.37. The summed E-state index contributed by atoms with van der Waals surface area (Å²) in [4.78, 5) is 10.4. The number of ether oxygens (including phenoxy) is 1. The Bertz CT molecular complexity index is 225. The van der Waals surface area contributed by atoms with Gasteiger partial charge in [-0.2, -0.15) is 0 Å². The Balaban J connectivity index is 4.03. The van der Waals surface area contributed by atoms with Gasteiger partial charge in [0.2, 0.25) is 0 Å². The van der Waals surface area contributed by atoms with Gasteiger partial charge < -0.3 is 15.2 Å². The average Bonchev–Trinajstić information content (AvgIpc) is 2.09. The quantitative estimate of drug-likeness (QED) is 0.641. The second kappa shape index (κ2) is 6.21. The maximum atomic E-state index is 10.4. The molecule has 4 heteroatoms. The van der Waals surface area contributed by atoms with Crippen LogP contribution in [0.5, 0.6) is 0 Å². The van der Waals surface area contributed by atoms with Crippen molar-refractivity contribution in [3.8, 4) is 0 Å². The lowest BCUT2D eigenvalue weighted by Gasteiger charge is -2.21. The SMILES string of the molecule is C=CC(NC(=O)O)C(C)OCC(=C)C. The average molecular weight is 199 g/mol. The van der Waals surface area contributed by atoms with Crippen molar-refractivity contribution in [1.29, 1.82) is 0 Å². The van der Waals surface area contributed by atoms with E-state index in [2.05, 4.69) is 18.5 Å². The maximum absolute atomic E-state index is 10.4. The molecule has 0 radical (unpaired) electrons. The molecule has 0 aromatic rings. The Morgan fingerprint density at radius 2 is 2.29 bits per heavy atom. The number of amides is 1. The van der Waals surface area contributed by atoms with Crippen LogP contribution >= 0.6 is 0 Å². The Hall–Kier alpha value is -1.29. The molecule has 4 nitrogen and oxygen atoms in total. The van der Waals surface area contributed by atoms with Gasteiger partial charge in [-0.25, -0.2) is 4.79 Å². The Labute approximate surface area is 84.3 Å². The standard InChI is InChI=1S/C10H17NO3/c1-5-9(11-10(12)13)8(4)14-6-7(2)3/h5,8-9,11H,1-2,6H2,3-4H3,(H,12,13). The van der Waals surface area contributed by atoms with Crippen molar-refractivity contribution in [1.82, 2.24) is 5.32 Å². The molecule has 1 amide bonds. The first kappa shape index (κ1) is 12.7. The highest BCUT2D eigenvalue weighted by Crippen LogP contribution is 2.02. The molecule has 14 heavy (non-hydrogen) atoms. The second-order valence-electron chi connectivity index (χ2n) is 3.18. The van der Waals surface area contributed by atoms with Crippen molar-refractivity contribution < 1.29 is 14.6 Å². The summed E-state index contributed by atoms with van der Waals surface area (Å²) >= 11 is 0. The minimum Gasteiger partial charge on any atom is -0.465 e. The van der Waals surface area contributed by atoms with Crippen LogP contribution in [0, 0.1) is 0 Å². The topological polar surface area (TPSA) is 58.6 Å². The van der Waals surface area contributed by atoms with Crippen LogP contribution in [0.2, 0.25) is 0 Å². The molecule has 0 saturated heterocycles. The monoisotopic (exact) mass is 199 g/mol. The third-order valence-corrected chi connectivity index (χ3v) is 1.64. The summed E-state index contributed by atoms with van der Waals surface area (Å²) in [6.07, 6.45) is 0.179. The highest BCUT2D eigenvalue weighted by molar-refractivity contribution is 5.65. The van der Waals surface area contributed by atoms with Gasteiger partial charge in [0.25, 0.3) is 0 Å². The molecule has 0 saturated carbocycles.